The third-order valence-electron chi connectivity index (χ3n) is 5.52. The summed E-state index contributed by atoms with van der Waals surface area (Å²) in [5.74, 6) is 1.92. The number of carbonyl (C=O) groups is 1. The average Bonchev–Trinajstić information content (AvgIpc) is 2.83. The second-order valence-corrected chi connectivity index (χ2v) is 8.01. The van der Waals surface area contributed by atoms with Gasteiger partial charge in [-0.05, 0) is 29.8 Å². The van der Waals surface area contributed by atoms with Crippen molar-refractivity contribution < 1.29 is 14.3 Å². The molecule has 2 heterocycles. The Morgan fingerprint density at radius 2 is 1.97 bits per heavy atom. The number of carbonyl (C=O) groups excluding carboxylic acids is 1. The zero-order chi connectivity index (χ0) is 22.5. The Bertz CT molecular complexity index is 1110. The van der Waals surface area contributed by atoms with Crippen LogP contribution >= 0.6 is 11.6 Å². The molecule has 1 saturated heterocycles. The van der Waals surface area contributed by atoms with Gasteiger partial charge in [0.15, 0.2) is 11.5 Å². The zero-order valence-electron chi connectivity index (χ0n) is 17.9. The van der Waals surface area contributed by atoms with E-state index in [1.165, 1.54) is 12.4 Å². The highest BCUT2D eigenvalue weighted by Gasteiger charge is 2.24. The molecule has 1 amide bonds. The van der Waals surface area contributed by atoms with Gasteiger partial charge in [0.25, 0.3) is 0 Å². The van der Waals surface area contributed by atoms with E-state index in [1.807, 2.05) is 36.4 Å². The first-order valence-electron chi connectivity index (χ1n) is 10.5. The van der Waals surface area contributed by atoms with E-state index < -0.39 is 0 Å². The Kier molecular flexibility index (Phi) is 6.75. The van der Waals surface area contributed by atoms with Crippen LogP contribution in [-0.2, 0) is 11.3 Å². The van der Waals surface area contributed by atoms with Crippen LogP contribution in [0.15, 0.2) is 55.4 Å². The number of aromatic nitrogens is 2. The van der Waals surface area contributed by atoms with E-state index in [0.717, 1.165) is 29.3 Å². The highest BCUT2D eigenvalue weighted by molar-refractivity contribution is 6.30. The molecule has 1 aliphatic heterocycles. The summed E-state index contributed by atoms with van der Waals surface area (Å²) in [6.07, 6.45) is 4.36. The average molecular weight is 453 g/mol. The molecule has 8 heteroatoms. The van der Waals surface area contributed by atoms with Crippen LogP contribution in [0.5, 0.6) is 11.5 Å². The molecule has 1 aromatic heterocycles. The van der Waals surface area contributed by atoms with Crippen molar-refractivity contribution in [3.05, 3.63) is 66.0 Å². The van der Waals surface area contributed by atoms with E-state index in [2.05, 4.69) is 21.9 Å². The van der Waals surface area contributed by atoms with Crippen LogP contribution in [0.3, 0.4) is 0 Å². The number of anilines is 1. The molecule has 0 unspecified atom stereocenters. The van der Waals surface area contributed by atoms with Crippen molar-refractivity contribution >= 4 is 34.2 Å². The van der Waals surface area contributed by atoms with Crippen molar-refractivity contribution in [3.63, 3.8) is 0 Å². The number of piperidine rings is 1. The molecule has 3 aromatic rings. The van der Waals surface area contributed by atoms with E-state index in [4.69, 9.17) is 21.1 Å². The molecule has 7 nitrogen and oxygen atoms in total. The maximum atomic E-state index is 11.8. The monoisotopic (exact) mass is 452 g/mol. The molecule has 0 aliphatic carbocycles. The number of methoxy groups -OCH3 is 1. The van der Waals surface area contributed by atoms with E-state index in [0.29, 0.717) is 42.0 Å². The number of nitrogens with one attached hydrogen (secondary N) is 1. The van der Waals surface area contributed by atoms with Crippen LogP contribution in [0.25, 0.3) is 10.9 Å². The number of halogens is 1. The number of nitrogens with zero attached hydrogens (tertiary/aromatic N) is 3. The molecule has 0 saturated carbocycles. The number of ether oxygens (including phenoxy) is 2. The van der Waals surface area contributed by atoms with Crippen LogP contribution in [-0.4, -0.2) is 47.1 Å². The predicted octanol–water partition coefficient (Wildman–Crippen LogP) is 4.46. The van der Waals surface area contributed by atoms with Crippen molar-refractivity contribution in [2.45, 2.75) is 25.5 Å². The van der Waals surface area contributed by atoms with Crippen molar-refractivity contribution in [1.82, 2.24) is 14.9 Å². The molecule has 1 fully saturated rings. The van der Waals surface area contributed by atoms with Gasteiger partial charge < -0.3 is 19.7 Å². The summed E-state index contributed by atoms with van der Waals surface area (Å²) >= 11 is 5.97. The van der Waals surface area contributed by atoms with Crippen molar-refractivity contribution in [1.29, 1.82) is 0 Å². The predicted molar refractivity (Wildman–Crippen MR) is 125 cm³/mol. The van der Waals surface area contributed by atoms with Gasteiger partial charge in [-0.15, -0.1) is 0 Å². The Morgan fingerprint density at radius 3 is 2.66 bits per heavy atom. The van der Waals surface area contributed by atoms with E-state index in [9.17, 15) is 4.79 Å². The lowest BCUT2D eigenvalue weighted by Crippen LogP contribution is -2.41. The van der Waals surface area contributed by atoms with E-state index in [-0.39, 0.29) is 12.0 Å². The summed E-state index contributed by atoms with van der Waals surface area (Å²) in [6, 6.07) is 11.4. The Hall–Kier alpha value is -3.32. The van der Waals surface area contributed by atoms with Gasteiger partial charge in [0, 0.05) is 49.0 Å². The molecule has 0 bridgehead atoms. The van der Waals surface area contributed by atoms with Crippen molar-refractivity contribution in [2.24, 2.45) is 0 Å². The van der Waals surface area contributed by atoms with Gasteiger partial charge in [-0.2, -0.15) is 0 Å². The number of rotatable bonds is 7. The summed E-state index contributed by atoms with van der Waals surface area (Å²) in [5.41, 5.74) is 1.85. The first-order valence-corrected chi connectivity index (χ1v) is 10.8. The van der Waals surface area contributed by atoms with Gasteiger partial charge in [0.05, 0.1) is 12.6 Å². The molecule has 0 spiro atoms. The number of hydrogen-bond donors (Lipinski definition) is 1. The lowest BCUT2D eigenvalue weighted by molar-refractivity contribution is -0.127. The van der Waals surface area contributed by atoms with Gasteiger partial charge in [-0.3, -0.25) is 4.79 Å². The Morgan fingerprint density at radius 1 is 1.22 bits per heavy atom. The second-order valence-electron chi connectivity index (χ2n) is 7.57. The molecule has 1 aliphatic rings. The summed E-state index contributed by atoms with van der Waals surface area (Å²) in [6.45, 7) is 5.44. The number of benzene rings is 2. The zero-order valence-corrected chi connectivity index (χ0v) is 18.6. The second kappa shape index (κ2) is 9.87. The van der Waals surface area contributed by atoms with Crippen LogP contribution in [0.4, 0.5) is 5.82 Å². The number of likely N-dealkylation sites (tertiary alicyclic amines) is 1. The minimum Gasteiger partial charge on any atom is -0.493 e. The van der Waals surface area contributed by atoms with Gasteiger partial charge >= 0.3 is 0 Å². The lowest BCUT2D eigenvalue weighted by Gasteiger charge is -2.31. The van der Waals surface area contributed by atoms with Gasteiger partial charge in [0.1, 0.15) is 18.2 Å². The fraction of sp³-hybridized carbons (Fsp3) is 0.292. The van der Waals surface area contributed by atoms with Crippen LogP contribution in [0.1, 0.15) is 18.4 Å². The maximum Gasteiger partial charge on any atom is 0.245 e. The standard InChI is InChI=1S/C24H25ClN4O3/c1-3-23(30)29-10-8-18(9-11-29)32-22-12-19-20(13-21(22)31-2)27-15-28-24(19)26-14-16-4-6-17(25)7-5-16/h3-7,12-13,15,18H,1,8-11,14H2,2H3,(H,26,27,28). The van der Waals surface area contributed by atoms with Crippen molar-refractivity contribution in [2.75, 3.05) is 25.5 Å². The third kappa shape index (κ3) is 4.94. The van der Waals surface area contributed by atoms with E-state index >= 15 is 0 Å². The van der Waals surface area contributed by atoms with E-state index in [1.54, 1.807) is 12.0 Å². The van der Waals surface area contributed by atoms with Crippen LogP contribution in [0.2, 0.25) is 5.02 Å². The van der Waals surface area contributed by atoms with Crippen LogP contribution < -0.4 is 14.8 Å². The summed E-state index contributed by atoms with van der Waals surface area (Å²) in [5, 5.41) is 4.92. The molecule has 1 N–H and O–H groups in total. The van der Waals surface area contributed by atoms with Gasteiger partial charge in [-0.25, -0.2) is 9.97 Å². The largest absolute Gasteiger partial charge is 0.493 e. The van der Waals surface area contributed by atoms with Crippen LogP contribution in [0, 0.1) is 0 Å². The number of fused-ring (bicyclic) bond motifs is 1. The molecule has 32 heavy (non-hydrogen) atoms. The van der Waals surface area contributed by atoms with Gasteiger partial charge in [-0.1, -0.05) is 30.3 Å². The fourth-order valence-corrected chi connectivity index (χ4v) is 3.87. The minimum absolute atomic E-state index is 0.00896. The smallest absolute Gasteiger partial charge is 0.245 e. The number of hydrogen-bond acceptors (Lipinski definition) is 6. The molecular weight excluding hydrogens is 428 g/mol. The summed E-state index contributed by atoms with van der Waals surface area (Å²) in [4.78, 5) is 22.4. The summed E-state index contributed by atoms with van der Waals surface area (Å²) in [7, 11) is 1.61. The Balaban J connectivity index is 1.53. The molecule has 0 radical (unpaired) electrons. The molecule has 166 valence electrons. The topological polar surface area (TPSA) is 76.6 Å². The lowest BCUT2D eigenvalue weighted by atomic mass is 10.1. The highest BCUT2D eigenvalue weighted by Crippen LogP contribution is 2.35. The van der Waals surface area contributed by atoms with Gasteiger partial charge in [0.2, 0.25) is 5.91 Å². The maximum absolute atomic E-state index is 11.8. The first-order chi connectivity index (χ1) is 15.6. The Labute approximate surface area is 192 Å². The summed E-state index contributed by atoms with van der Waals surface area (Å²) < 4.78 is 11.8. The molecule has 0 atom stereocenters. The third-order valence-corrected chi connectivity index (χ3v) is 5.77. The molecule has 2 aromatic carbocycles. The van der Waals surface area contributed by atoms with Crippen molar-refractivity contribution in [3.8, 4) is 11.5 Å². The SMILES string of the molecule is C=CC(=O)N1CCC(Oc2cc3c(NCc4ccc(Cl)cc4)ncnc3cc2OC)CC1. The highest BCUT2D eigenvalue weighted by atomic mass is 35.5. The first kappa shape index (κ1) is 21.9. The number of amides is 1. The fourth-order valence-electron chi connectivity index (χ4n) is 3.75. The minimum atomic E-state index is -0.0414. The quantitative estimate of drug-likeness (QED) is 0.533. The molecule has 4 rings (SSSR count). The molecular formula is C24H25ClN4O3. The normalized spacial score (nSPS) is 14.2.